The number of carbonyl (C=O) groups is 1. The van der Waals surface area contributed by atoms with Gasteiger partial charge in [0.1, 0.15) is 6.61 Å². The third-order valence-electron chi connectivity index (χ3n) is 3.83. The van der Waals surface area contributed by atoms with E-state index in [0.29, 0.717) is 0 Å². The van der Waals surface area contributed by atoms with Crippen LogP contribution in [0.2, 0.25) is 0 Å². The number of benzene rings is 1. The highest BCUT2D eigenvalue weighted by Crippen LogP contribution is 2.36. The van der Waals surface area contributed by atoms with Crippen molar-refractivity contribution in [2.45, 2.75) is 31.7 Å². The SMILES string of the molecule is O=C(OCc1ccccc1)N1CC[C@@H](C(F)(F)F)C[C@H]1CO. The number of carbonyl (C=O) groups excluding carboxylic acids is 1. The third kappa shape index (κ3) is 4.13. The molecule has 0 saturated carbocycles. The summed E-state index contributed by atoms with van der Waals surface area (Å²) in [5.41, 5.74) is 0.793. The second-order valence-corrected chi connectivity index (χ2v) is 5.33. The Morgan fingerprint density at radius 3 is 2.59 bits per heavy atom. The number of halogens is 3. The molecule has 1 fully saturated rings. The zero-order valence-corrected chi connectivity index (χ0v) is 11.9. The smallest absolute Gasteiger partial charge is 0.410 e. The molecule has 1 aromatic carbocycles. The molecular formula is C15H18F3NO3. The van der Waals surface area contributed by atoms with Crippen LogP contribution in [0.3, 0.4) is 0 Å². The van der Waals surface area contributed by atoms with Crippen molar-refractivity contribution in [3.8, 4) is 0 Å². The number of hydrogen-bond donors (Lipinski definition) is 1. The van der Waals surface area contributed by atoms with E-state index in [1.54, 1.807) is 24.3 Å². The summed E-state index contributed by atoms with van der Waals surface area (Å²) in [4.78, 5) is 13.2. The van der Waals surface area contributed by atoms with Crippen LogP contribution in [0, 0.1) is 5.92 Å². The predicted molar refractivity (Wildman–Crippen MR) is 73.0 cm³/mol. The number of hydrogen-bond acceptors (Lipinski definition) is 3. The normalized spacial score (nSPS) is 22.5. The van der Waals surface area contributed by atoms with E-state index in [1.807, 2.05) is 6.07 Å². The largest absolute Gasteiger partial charge is 0.445 e. The molecule has 0 aliphatic carbocycles. The molecule has 7 heteroatoms. The summed E-state index contributed by atoms with van der Waals surface area (Å²) in [5, 5.41) is 9.26. The van der Waals surface area contributed by atoms with Crippen LogP contribution in [0.4, 0.5) is 18.0 Å². The van der Waals surface area contributed by atoms with E-state index in [1.165, 1.54) is 4.90 Å². The summed E-state index contributed by atoms with van der Waals surface area (Å²) in [5.74, 6) is -1.48. The maximum Gasteiger partial charge on any atom is 0.410 e. The van der Waals surface area contributed by atoms with E-state index in [2.05, 4.69) is 0 Å². The van der Waals surface area contributed by atoms with Gasteiger partial charge in [-0.05, 0) is 18.4 Å². The molecule has 0 bridgehead atoms. The lowest BCUT2D eigenvalue weighted by atomic mass is 9.91. The first-order valence-electron chi connectivity index (χ1n) is 7.06. The first-order chi connectivity index (χ1) is 10.4. The summed E-state index contributed by atoms with van der Waals surface area (Å²) < 4.78 is 43.3. The van der Waals surface area contributed by atoms with Gasteiger partial charge in [0, 0.05) is 6.54 Å². The van der Waals surface area contributed by atoms with Crippen molar-refractivity contribution in [1.29, 1.82) is 0 Å². The Balaban J connectivity index is 1.92. The molecule has 122 valence electrons. The van der Waals surface area contributed by atoms with Gasteiger partial charge in [-0.2, -0.15) is 13.2 Å². The number of amides is 1. The molecule has 1 aromatic rings. The Morgan fingerprint density at radius 1 is 1.32 bits per heavy atom. The monoisotopic (exact) mass is 317 g/mol. The van der Waals surface area contributed by atoms with Gasteiger partial charge >= 0.3 is 12.3 Å². The van der Waals surface area contributed by atoms with Crippen LogP contribution in [0.25, 0.3) is 0 Å². The molecule has 1 heterocycles. The van der Waals surface area contributed by atoms with Crippen molar-refractivity contribution in [3.05, 3.63) is 35.9 Å². The molecule has 1 saturated heterocycles. The first-order valence-corrected chi connectivity index (χ1v) is 7.06. The average molecular weight is 317 g/mol. The average Bonchev–Trinajstić information content (AvgIpc) is 2.52. The Kier molecular flexibility index (Phi) is 5.28. The molecule has 1 aliphatic rings. The number of piperidine rings is 1. The lowest BCUT2D eigenvalue weighted by molar-refractivity contribution is -0.189. The molecule has 0 unspecified atom stereocenters. The maximum absolute atomic E-state index is 12.7. The zero-order valence-electron chi connectivity index (χ0n) is 11.9. The van der Waals surface area contributed by atoms with Gasteiger partial charge in [-0.1, -0.05) is 30.3 Å². The molecule has 2 rings (SSSR count). The highest BCUT2D eigenvalue weighted by Gasteiger charge is 2.45. The zero-order chi connectivity index (χ0) is 16.2. The maximum atomic E-state index is 12.7. The van der Waals surface area contributed by atoms with Crippen molar-refractivity contribution in [3.63, 3.8) is 0 Å². The lowest BCUT2D eigenvalue weighted by Crippen LogP contribution is -2.50. The van der Waals surface area contributed by atoms with E-state index in [4.69, 9.17) is 4.74 Å². The number of aliphatic hydroxyl groups excluding tert-OH is 1. The quantitative estimate of drug-likeness (QED) is 0.932. The number of likely N-dealkylation sites (tertiary alicyclic amines) is 1. The van der Waals surface area contributed by atoms with Gasteiger partial charge in [-0.15, -0.1) is 0 Å². The van der Waals surface area contributed by atoms with E-state index in [0.717, 1.165) is 5.56 Å². The summed E-state index contributed by atoms with van der Waals surface area (Å²) >= 11 is 0. The Hall–Kier alpha value is -1.76. The van der Waals surface area contributed by atoms with Crippen LogP contribution >= 0.6 is 0 Å². The number of aliphatic hydroxyl groups is 1. The van der Waals surface area contributed by atoms with Crippen LogP contribution in [0.1, 0.15) is 18.4 Å². The Bertz CT molecular complexity index is 493. The minimum absolute atomic E-state index is 0.0526. The number of alkyl halides is 3. The summed E-state index contributed by atoms with van der Waals surface area (Å²) in [6.45, 7) is -0.521. The fourth-order valence-electron chi connectivity index (χ4n) is 2.56. The van der Waals surface area contributed by atoms with Crippen molar-refractivity contribution in [2.75, 3.05) is 13.2 Å². The second kappa shape index (κ2) is 7.00. The van der Waals surface area contributed by atoms with Crippen LogP contribution in [0.15, 0.2) is 30.3 Å². The Morgan fingerprint density at radius 2 is 2.00 bits per heavy atom. The lowest BCUT2D eigenvalue weighted by Gasteiger charge is -2.38. The minimum Gasteiger partial charge on any atom is -0.445 e. The molecule has 1 N–H and O–H groups in total. The summed E-state index contributed by atoms with van der Waals surface area (Å²) in [6, 6.07) is 8.14. The van der Waals surface area contributed by atoms with Gasteiger partial charge < -0.3 is 14.7 Å². The number of ether oxygens (including phenoxy) is 1. The van der Waals surface area contributed by atoms with E-state index < -0.39 is 30.8 Å². The van der Waals surface area contributed by atoms with Gasteiger partial charge in [0.05, 0.1) is 18.6 Å². The van der Waals surface area contributed by atoms with Gasteiger partial charge in [-0.3, -0.25) is 0 Å². The van der Waals surface area contributed by atoms with Crippen molar-refractivity contribution in [1.82, 2.24) is 4.90 Å². The molecule has 1 aliphatic heterocycles. The van der Waals surface area contributed by atoms with E-state index >= 15 is 0 Å². The first kappa shape index (κ1) is 16.6. The molecule has 4 nitrogen and oxygen atoms in total. The molecule has 0 aromatic heterocycles. The molecule has 1 amide bonds. The Labute approximate surface area is 126 Å². The fraction of sp³-hybridized carbons (Fsp3) is 0.533. The van der Waals surface area contributed by atoms with E-state index in [9.17, 15) is 23.1 Å². The van der Waals surface area contributed by atoms with Crippen LogP contribution in [0.5, 0.6) is 0 Å². The number of nitrogens with zero attached hydrogens (tertiary/aromatic N) is 1. The minimum atomic E-state index is -4.30. The van der Waals surface area contributed by atoms with Crippen molar-refractivity contribution in [2.24, 2.45) is 5.92 Å². The predicted octanol–water partition coefficient (Wildman–Crippen LogP) is 2.96. The molecule has 2 atom stereocenters. The van der Waals surface area contributed by atoms with Crippen LogP contribution < -0.4 is 0 Å². The second-order valence-electron chi connectivity index (χ2n) is 5.33. The van der Waals surface area contributed by atoms with Crippen LogP contribution in [-0.2, 0) is 11.3 Å². The van der Waals surface area contributed by atoms with E-state index in [-0.39, 0.29) is 26.0 Å². The molecule has 22 heavy (non-hydrogen) atoms. The fourth-order valence-corrected chi connectivity index (χ4v) is 2.56. The van der Waals surface area contributed by atoms with Gasteiger partial charge in [0.2, 0.25) is 0 Å². The van der Waals surface area contributed by atoms with Gasteiger partial charge in [0.25, 0.3) is 0 Å². The molecule has 0 radical (unpaired) electrons. The summed E-state index contributed by atoms with van der Waals surface area (Å²) in [6.07, 6.45) is -5.45. The van der Waals surface area contributed by atoms with Crippen molar-refractivity contribution >= 4 is 6.09 Å². The molecular weight excluding hydrogens is 299 g/mol. The topological polar surface area (TPSA) is 49.8 Å². The number of rotatable bonds is 3. The summed E-state index contributed by atoms with van der Waals surface area (Å²) in [7, 11) is 0. The van der Waals surface area contributed by atoms with Gasteiger partial charge in [0.15, 0.2) is 0 Å². The van der Waals surface area contributed by atoms with Crippen molar-refractivity contribution < 1.29 is 27.8 Å². The van der Waals surface area contributed by atoms with Crippen LogP contribution in [-0.4, -0.2) is 41.5 Å². The highest BCUT2D eigenvalue weighted by atomic mass is 19.4. The highest BCUT2D eigenvalue weighted by molar-refractivity contribution is 5.68. The van der Waals surface area contributed by atoms with Gasteiger partial charge in [-0.25, -0.2) is 4.79 Å². The standard InChI is InChI=1S/C15H18F3NO3/c16-15(17,18)12-6-7-19(13(8-12)9-20)14(21)22-10-11-4-2-1-3-5-11/h1-5,12-13,20H,6-10H2/t12-,13+/m1/s1. The third-order valence-corrected chi connectivity index (χ3v) is 3.83. The molecule has 0 spiro atoms.